The van der Waals surface area contributed by atoms with Crippen molar-refractivity contribution in [1.29, 1.82) is 0 Å². The summed E-state index contributed by atoms with van der Waals surface area (Å²) in [7, 11) is 0. The molecule has 0 unspecified atom stereocenters. The van der Waals surface area contributed by atoms with E-state index in [9.17, 15) is 9.59 Å². The molecule has 2 amide bonds. The Morgan fingerprint density at radius 2 is 1.92 bits per heavy atom. The van der Waals surface area contributed by atoms with Crippen LogP contribution in [0.3, 0.4) is 0 Å². The molecule has 0 saturated carbocycles. The Morgan fingerprint density at radius 1 is 1.20 bits per heavy atom. The Balaban J connectivity index is 1.40. The highest BCUT2D eigenvalue weighted by Gasteiger charge is 2.25. The summed E-state index contributed by atoms with van der Waals surface area (Å²) in [5.74, 6) is 0.794. The summed E-state index contributed by atoms with van der Waals surface area (Å²) in [6.07, 6.45) is 2.94. The number of nitrogens with zero attached hydrogens (tertiary/aromatic N) is 1. The number of ether oxygens (including phenoxy) is 1. The monoisotopic (exact) mass is 342 g/mol. The molecule has 1 aliphatic rings. The van der Waals surface area contributed by atoms with E-state index < -0.39 is 0 Å². The standard InChI is InChI=1S/C19H22N2O4/c1-14-4-6-16(7-5-14)25-13-18(22)20-15-8-10-21(11-9-15)19(23)17-3-2-12-24-17/h2-7,12,15H,8-11,13H2,1H3,(H,20,22). The van der Waals surface area contributed by atoms with Crippen LogP contribution in [0.25, 0.3) is 0 Å². The molecule has 1 aromatic heterocycles. The number of nitrogens with one attached hydrogen (secondary N) is 1. The lowest BCUT2D eigenvalue weighted by atomic mass is 10.0. The van der Waals surface area contributed by atoms with Gasteiger partial charge < -0.3 is 19.4 Å². The largest absolute Gasteiger partial charge is 0.484 e. The first-order valence-corrected chi connectivity index (χ1v) is 8.43. The predicted molar refractivity (Wildman–Crippen MR) is 92.5 cm³/mol. The first kappa shape index (κ1) is 17.1. The van der Waals surface area contributed by atoms with Gasteiger partial charge in [-0.1, -0.05) is 17.7 Å². The SMILES string of the molecule is Cc1ccc(OCC(=O)NC2CCN(C(=O)c3ccco3)CC2)cc1. The molecular weight excluding hydrogens is 320 g/mol. The number of carbonyl (C=O) groups excluding carboxylic acids is 2. The second-order valence-electron chi connectivity index (χ2n) is 6.21. The first-order chi connectivity index (χ1) is 12.1. The average molecular weight is 342 g/mol. The van der Waals surface area contributed by atoms with Crippen molar-refractivity contribution in [2.75, 3.05) is 19.7 Å². The molecule has 3 rings (SSSR count). The van der Waals surface area contributed by atoms with Crippen LogP contribution in [0.1, 0.15) is 29.0 Å². The van der Waals surface area contributed by atoms with Gasteiger partial charge in [0, 0.05) is 19.1 Å². The van der Waals surface area contributed by atoms with E-state index in [0.29, 0.717) is 24.6 Å². The fraction of sp³-hybridized carbons (Fsp3) is 0.368. The summed E-state index contributed by atoms with van der Waals surface area (Å²) in [6, 6.07) is 11.0. The van der Waals surface area contributed by atoms with Crippen molar-refractivity contribution < 1.29 is 18.7 Å². The van der Waals surface area contributed by atoms with Crippen LogP contribution < -0.4 is 10.1 Å². The lowest BCUT2D eigenvalue weighted by Gasteiger charge is -2.31. The number of aryl methyl sites for hydroxylation is 1. The topological polar surface area (TPSA) is 71.8 Å². The molecule has 1 aliphatic heterocycles. The van der Waals surface area contributed by atoms with Crippen molar-refractivity contribution >= 4 is 11.8 Å². The smallest absolute Gasteiger partial charge is 0.289 e. The van der Waals surface area contributed by atoms with Crippen LogP contribution in [0.5, 0.6) is 5.75 Å². The summed E-state index contributed by atoms with van der Waals surface area (Å²) in [4.78, 5) is 26.0. The molecule has 1 saturated heterocycles. The number of amides is 2. The van der Waals surface area contributed by atoms with Crippen LogP contribution in [0.4, 0.5) is 0 Å². The molecule has 0 spiro atoms. The maximum Gasteiger partial charge on any atom is 0.289 e. The fourth-order valence-corrected chi connectivity index (χ4v) is 2.84. The van der Waals surface area contributed by atoms with Gasteiger partial charge in [0.15, 0.2) is 12.4 Å². The average Bonchev–Trinajstić information content (AvgIpc) is 3.16. The first-order valence-electron chi connectivity index (χ1n) is 8.43. The molecule has 2 heterocycles. The number of carbonyl (C=O) groups is 2. The van der Waals surface area contributed by atoms with E-state index in [0.717, 1.165) is 18.4 Å². The molecule has 0 radical (unpaired) electrons. The maximum absolute atomic E-state index is 12.2. The quantitative estimate of drug-likeness (QED) is 0.906. The number of hydrogen-bond donors (Lipinski definition) is 1. The van der Waals surface area contributed by atoms with Gasteiger partial charge in [-0.3, -0.25) is 9.59 Å². The van der Waals surface area contributed by atoms with E-state index in [1.54, 1.807) is 17.0 Å². The van der Waals surface area contributed by atoms with Crippen LogP contribution in [0.15, 0.2) is 47.1 Å². The number of hydrogen-bond acceptors (Lipinski definition) is 4. The van der Waals surface area contributed by atoms with Gasteiger partial charge >= 0.3 is 0 Å². The second-order valence-corrected chi connectivity index (χ2v) is 6.21. The minimum atomic E-state index is -0.142. The van der Waals surface area contributed by atoms with Crippen LogP contribution in [-0.4, -0.2) is 42.5 Å². The molecule has 0 atom stereocenters. The van der Waals surface area contributed by atoms with Gasteiger partial charge in [0.25, 0.3) is 11.8 Å². The van der Waals surface area contributed by atoms with E-state index in [1.165, 1.54) is 6.26 Å². The van der Waals surface area contributed by atoms with Gasteiger partial charge in [0.2, 0.25) is 0 Å². The van der Waals surface area contributed by atoms with Gasteiger partial charge in [-0.05, 0) is 44.0 Å². The molecule has 1 N–H and O–H groups in total. The zero-order valence-electron chi connectivity index (χ0n) is 14.2. The van der Waals surface area contributed by atoms with E-state index >= 15 is 0 Å². The van der Waals surface area contributed by atoms with Gasteiger partial charge in [-0.2, -0.15) is 0 Å². The maximum atomic E-state index is 12.2. The van der Waals surface area contributed by atoms with Crippen molar-refractivity contribution in [2.24, 2.45) is 0 Å². The molecule has 2 aromatic rings. The van der Waals surface area contributed by atoms with Crippen molar-refractivity contribution in [1.82, 2.24) is 10.2 Å². The molecule has 132 valence electrons. The van der Waals surface area contributed by atoms with Crippen LogP contribution in [0, 0.1) is 6.92 Å². The normalized spacial score (nSPS) is 15.0. The van der Waals surface area contributed by atoms with Gasteiger partial charge in [0.1, 0.15) is 5.75 Å². The summed E-state index contributed by atoms with van der Waals surface area (Å²) in [6.45, 7) is 3.20. The minimum absolute atomic E-state index is 0.00536. The molecule has 25 heavy (non-hydrogen) atoms. The van der Waals surface area contributed by atoms with Crippen molar-refractivity contribution in [3.63, 3.8) is 0 Å². The zero-order valence-corrected chi connectivity index (χ0v) is 14.2. The lowest BCUT2D eigenvalue weighted by Crippen LogP contribution is -2.47. The number of likely N-dealkylation sites (tertiary alicyclic amines) is 1. The molecular formula is C19H22N2O4. The highest BCUT2D eigenvalue weighted by molar-refractivity contribution is 5.91. The van der Waals surface area contributed by atoms with Crippen molar-refractivity contribution in [3.05, 3.63) is 54.0 Å². The highest BCUT2D eigenvalue weighted by Crippen LogP contribution is 2.15. The van der Waals surface area contributed by atoms with E-state index in [2.05, 4.69) is 5.32 Å². The van der Waals surface area contributed by atoms with E-state index in [4.69, 9.17) is 9.15 Å². The zero-order chi connectivity index (χ0) is 17.6. The highest BCUT2D eigenvalue weighted by atomic mass is 16.5. The molecule has 1 fully saturated rings. The van der Waals surface area contributed by atoms with Gasteiger partial charge in [-0.25, -0.2) is 0 Å². The molecule has 6 heteroatoms. The Morgan fingerprint density at radius 3 is 2.56 bits per heavy atom. The second kappa shape index (κ2) is 7.88. The van der Waals surface area contributed by atoms with Gasteiger partial charge in [0.05, 0.1) is 6.26 Å². The Kier molecular flexibility index (Phi) is 5.38. The number of furan rings is 1. The molecule has 6 nitrogen and oxygen atoms in total. The minimum Gasteiger partial charge on any atom is -0.484 e. The third-order valence-corrected chi connectivity index (χ3v) is 4.27. The molecule has 0 bridgehead atoms. The van der Waals surface area contributed by atoms with E-state index in [1.807, 2.05) is 31.2 Å². The third kappa shape index (κ3) is 4.62. The van der Waals surface area contributed by atoms with Crippen molar-refractivity contribution in [3.8, 4) is 5.75 Å². The Bertz CT molecular complexity index is 702. The fourth-order valence-electron chi connectivity index (χ4n) is 2.84. The van der Waals surface area contributed by atoms with Crippen LogP contribution >= 0.6 is 0 Å². The number of piperidine rings is 1. The van der Waals surface area contributed by atoms with E-state index in [-0.39, 0.29) is 24.5 Å². The summed E-state index contributed by atoms with van der Waals surface area (Å²) in [5.41, 5.74) is 1.15. The lowest BCUT2D eigenvalue weighted by molar-refractivity contribution is -0.124. The molecule has 0 aliphatic carbocycles. The predicted octanol–water partition coefficient (Wildman–Crippen LogP) is 2.39. The number of rotatable bonds is 5. The van der Waals surface area contributed by atoms with Crippen molar-refractivity contribution in [2.45, 2.75) is 25.8 Å². The van der Waals surface area contributed by atoms with Crippen LogP contribution in [0.2, 0.25) is 0 Å². The third-order valence-electron chi connectivity index (χ3n) is 4.27. The summed E-state index contributed by atoms with van der Waals surface area (Å²) >= 11 is 0. The van der Waals surface area contributed by atoms with Gasteiger partial charge in [-0.15, -0.1) is 0 Å². The summed E-state index contributed by atoms with van der Waals surface area (Å²) in [5, 5.41) is 2.97. The Labute approximate surface area is 146 Å². The Hall–Kier alpha value is -2.76. The summed E-state index contributed by atoms with van der Waals surface area (Å²) < 4.78 is 10.6. The molecule has 1 aromatic carbocycles. The van der Waals surface area contributed by atoms with Crippen LogP contribution in [-0.2, 0) is 4.79 Å². The number of benzene rings is 1.